The summed E-state index contributed by atoms with van der Waals surface area (Å²) < 4.78 is 1.07. The highest BCUT2D eigenvalue weighted by molar-refractivity contribution is 9.10. The molecule has 0 saturated heterocycles. The predicted molar refractivity (Wildman–Crippen MR) is 72.9 cm³/mol. The number of halogens is 1. The standard InChI is InChI=1S/C15H15Br/c1-2-3-4-5-6-7-8-9-14-10-12-15(16)13-11-14/h10-13H,2-5H2,1H3. The van der Waals surface area contributed by atoms with Crippen LogP contribution in [-0.2, 0) is 0 Å². The molecule has 0 N–H and O–H groups in total. The molecule has 0 radical (unpaired) electrons. The molecule has 0 aliphatic rings. The molecule has 0 aliphatic carbocycles. The van der Waals surface area contributed by atoms with E-state index in [2.05, 4.69) is 46.5 Å². The molecule has 82 valence electrons. The average Bonchev–Trinajstić information content (AvgIpc) is 2.30. The second kappa shape index (κ2) is 8.03. The molecule has 0 aromatic heterocycles. The van der Waals surface area contributed by atoms with Crippen LogP contribution in [0.25, 0.3) is 0 Å². The molecule has 1 aromatic carbocycles. The van der Waals surface area contributed by atoms with Gasteiger partial charge in [0.2, 0.25) is 0 Å². The normalized spacial score (nSPS) is 8.62. The van der Waals surface area contributed by atoms with E-state index in [1.54, 1.807) is 0 Å². The van der Waals surface area contributed by atoms with Gasteiger partial charge in [0.25, 0.3) is 0 Å². The van der Waals surface area contributed by atoms with E-state index >= 15 is 0 Å². The molecule has 0 unspecified atom stereocenters. The van der Waals surface area contributed by atoms with Crippen molar-refractivity contribution in [3.63, 3.8) is 0 Å². The molecule has 0 saturated carbocycles. The molecule has 0 amide bonds. The van der Waals surface area contributed by atoms with Gasteiger partial charge in [-0.1, -0.05) is 47.5 Å². The number of benzene rings is 1. The van der Waals surface area contributed by atoms with Crippen molar-refractivity contribution >= 4 is 15.9 Å². The van der Waals surface area contributed by atoms with Gasteiger partial charge >= 0.3 is 0 Å². The molecule has 0 bridgehead atoms. The minimum absolute atomic E-state index is 0.961. The summed E-state index contributed by atoms with van der Waals surface area (Å²) in [6.07, 6.45) is 4.65. The molecule has 0 atom stereocenters. The molecule has 0 aliphatic heterocycles. The topological polar surface area (TPSA) is 0 Å². The second-order valence-electron chi connectivity index (χ2n) is 3.52. The van der Waals surface area contributed by atoms with Crippen LogP contribution in [0.3, 0.4) is 0 Å². The van der Waals surface area contributed by atoms with Crippen LogP contribution in [0.1, 0.15) is 38.2 Å². The van der Waals surface area contributed by atoms with Gasteiger partial charge in [-0.15, -0.1) is 0 Å². The first-order chi connectivity index (χ1) is 7.83. The zero-order valence-corrected chi connectivity index (χ0v) is 11.1. The van der Waals surface area contributed by atoms with E-state index in [4.69, 9.17) is 0 Å². The summed E-state index contributed by atoms with van der Waals surface area (Å²) in [6, 6.07) is 7.93. The predicted octanol–water partition coefficient (Wildman–Crippen LogP) is 4.38. The Balaban J connectivity index is 2.39. The summed E-state index contributed by atoms with van der Waals surface area (Å²) >= 11 is 3.39. The maximum absolute atomic E-state index is 3.39. The lowest BCUT2D eigenvalue weighted by Crippen LogP contribution is -1.72. The van der Waals surface area contributed by atoms with Crippen molar-refractivity contribution in [1.82, 2.24) is 0 Å². The fourth-order valence-corrected chi connectivity index (χ4v) is 1.47. The lowest BCUT2D eigenvalue weighted by atomic mass is 10.2. The van der Waals surface area contributed by atoms with Crippen molar-refractivity contribution in [2.45, 2.75) is 32.6 Å². The van der Waals surface area contributed by atoms with Crippen LogP contribution in [0.15, 0.2) is 28.7 Å². The van der Waals surface area contributed by atoms with Gasteiger partial charge in [-0.05, 0) is 42.5 Å². The molecule has 1 aromatic rings. The molecule has 1 heteroatoms. The van der Waals surface area contributed by atoms with Gasteiger partial charge < -0.3 is 0 Å². The minimum Gasteiger partial charge on any atom is -0.0891 e. The van der Waals surface area contributed by atoms with Crippen molar-refractivity contribution < 1.29 is 0 Å². The van der Waals surface area contributed by atoms with Crippen LogP contribution in [-0.4, -0.2) is 0 Å². The highest BCUT2D eigenvalue weighted by Crippen LogP contribution is 2.09. The van der Waals surface area contributed by atoms with Crippen LogP contribution < -0.4 is 0 Å². The Labute approximate surface area is 107 Å². The van der Waals surface area contributed by atoms with E-state index in [0.29, 0.717) is 0 Å². The van der Waals surface area contributed by atoms with Crippen LogP contribution >= 0.6 is 15.9 Å². The van der Waals surface area contributed by atoms with Gasteiger partial charge in [0.05, 0.1) is 0 Å². The van der Waals surface area contributed by atoms with Crippen molar-refractivity contribution in [3.8, 4) is 23.7 Å². The lowest BCUT2D eigenvalue weighted by molar-refractivity contribution is 0.737. The minimum atomic E-state index is 0.961. The maximum atomic E-state index is 3.39. The lowest BCUT2D eigenvalue weighted by Gasteiger charge is -1.89. The van der Waals surface area contributed by atoms with Gasteiger partial charge in [-0.3, -0.25) is 0 Å². The maximum Gasteiger partial charge on any atom is 0.0256 e. The smallest absolute Gasteiger partial charge is 0.0256 e. The van der Waals surface area contributed by atoms with Gasteiger partial charge in [0.1, 0.15) is 0 Å². The molecular weight excluding hydrogens is 260 g/mol. The molecule has 0 spiro atoms. The number of unbranched alkanes of at least 4 members (excludes halogenated alkanes) is 3. The third kappa shape index (κ3) is 5.64. The molecule has 16 heavy (non-hydrogen) atoms. The SMILES string of the molecule is CCCCCC#CC#Cc1ccc(Br)cc1. The van der Waals surface area contributed by atoms with Crippen LogP contribution in [0.4, 0.5) is 0 Å². The zero-order chi connectivity index (χ0) is 11.6. The zero-order valence-electron chi connectivity index (χ0n) is 9.52. The Morgan fingerprint density at radius 1 is 1.06 bits per heavy atom. The van der Waals surface area contributed by atoms with Gasteiger partial charge in [-0.25, -0.2) is 0 Å². The molecular formula is C15H15Br. The fourth-order valence-electron chi connectivity index (χ4n) is 1.21. The number of hydrogen-bond acceptors (Lipinski definition) is 0. The molecule has 1 rings (SSSR count). The third-order valence-corrected chi connectivity index (χ3v) is 2.64. The van der Waals surface area contributed by atoms with E-state index in [1.807, 2.05) is 24.3 Å². The molecule has 0 nitrogen and oxygen atoms in total. The Kier molecular flexibility index (Phi) is 6.47. The highest BCUT2D eigenvalue weighted by Gasteiger charge is 1.85. The van der Waals surface area contributed by atoms with Crippen LogP contribution in [0, 0.1) is 23.7 Å². The first-order valence-electron chi connectivity index (χ1n) is 5.57. The summed E-state index contributed by atoms with van der Waals surface area (Å²) in [5.41, 5.74) is 1.01. The van der Waals surface area contributed by atoms with Gasteiger partial charge in [-0.2, -0.15) is 0 Å². The number of hydrogen-bond donors (Lipinski definition) is 0. The van der Waals surface area contributed by atoms with Crippen molar-refractivity contribution in [2.24, 2.45) is 0 Å². The molecule has 0 fully saturated rings. The van der Waals surface area contributed by atoms with E-state index in [1.165, 1.54) is 19.3 Å². The summed E-state index contributed by atoms with van der Waals surface area (Å²) in [7, 11) is 0. The summed E-state index contributed by atoms with van der Waals surface area (Å²) in [5, 5.41) is 0. The monoisotopic (exact) mass is 274 g/mol. The summed E-state index contributed by atoms with van der Waals surface area (Å²) in [5.74, 6) is 11.8. The van der Waals surface area contributed by atoms with Gasteiger partial charge in [0.15, 0.2) is 0 Å². The van der Waals surface area contributed by atoms with E-state index < -0.39 is 0 Å². The first-order valence-corrected chi connectivity index (χ1v) is 6.36. The van der Waals surface area contributed by atoms with E-state index in [0.717, 1.165) is 16.5 Å². The Bertz CT molecular complexity index is 420. The second-order valence-corrected chi connectivity index (χ2v) is 4.43. The molecule has 0 heterocycles. The van der Waals surface area contributed by atoms with Gasteiger partial charge in [0, 0.05) is 16.5 Å². The van der Waals surface area contributed by atoms with Crippen molar-refractivity contribution in [3.05, 3.63) is 34.3 Å². The Morgan fingerprint density at radius 3 is 2.50 bits per heavy atom. The van der Waals surface area contributed by atoms with E-state index in [9.17, 15) is 0 Å². The summed E-state index contributed by atoms with van der Waals surface area (Å²) in [4.78, 5) is 0. The summed E-state index contributed by atoms with van der Waals surface area (Å²) in [6.45, 7) is 2.20. The number of rotatable bonds is 3. The van der Waals surface area contributed by atoms with Crippen molar-refractivity contribution in [1.29, 1.82) is 0 Å². The van der Waals surface area contributed by atoms with E-state index in [-0.39, 0.29) is 0 Å². The van der Waals surface area contributed by atoms with Crippen LogP contribution in [0.2, 0.25) is 0 Å². The third-order valence-electron chi connectivity index (χ3n) is 2.11. The van der Waals surface area contributed by atoms with Crippen LogP contribution in [0.5, 0.6) is 0 Å². The quantitative estimate of drug-likeness (QED) is 0.567. The first kappa shape index (κ1) is 12.9. The fraction of sp³-hybridized carbons (Fsp3) is 0.333. The average molecular weight is 275 g/mol. The highest BCUT2D eigenvalue weighted by atomic mass is 79.9. The van der Waals surface area contributed by atoms with Crippen molar-refractivity contribution in [2.75, 3.05) is 0 Å². The Hall–Kier alpha value is -1.18. The Morgan fingerprint density at radius 2 is 1.81 bits per heavy atom. The largest absolute Gasteiger partial charge is 0.0891 e.